The third-order valence-electron chi connectivity index (χ3n) is 3.63. The van der Waals surface area contributed by atoms with E-state index in [1.807, 2.05) is 56.3 Å². The largest absolute Gasteiger partial charge is 0.493 e. The Labute approximate surface area is 149 Å². The molecule has 0 heterocycles. The van der Waals surface area contributed by atoms with Crippen LogP contribution in [-0.4, -0.2) is 19.1 Å². The van der Waals surface area contributed by atoms with Crippen LogP contribution in [0.5, 0.6) is 11.5 Å². The van der Waals surface area contributed by atoms with Crippen LogP contribution in [0.3, 0.4) is 0 Å². The van der Waals surface area contributed by atoms with Crippen LogP contribution in [-0.2, 0) is 11.2 Å². The Bertz CT molecular complexity index is 751. The average molecular weight is 339 g/mol. The predicted octanol–water partition coefficient (Wildman–Crippen LogP) is 4.70. The number of anilines is 1. The molecule has 0 aliphatic rings. The van der Waals surface area contributed by atoms with Crippen LogP contribution >= 0.6 is 0 Å². The third kappa shape index (κ3) is 5.38. The summed E-state index contributed by atoms with van der Waals surface area (Å²) in [6.07, 6.45) is 4.21. The van der Waals surface area contributed by atoms with Gasteiger partial charge in [0.25, 0.3) is 0 Å². The number of hydrogen-bond acceptors (Lipinski definition) is 3. The summed E-state index contributed by atoms with van der Waals surface area (Å²) in [4.78, 5) is 12.2. The summed E-state index contributed by atoms with van der Waals surface area (Å²) in [6.45, 7) is 5.99. The number of ether oxygens (including phenoxy) is 2. The van der Waals surface area contributed by atoms with E-state index in [1.165, 1.54) is 6.08 Å². The van der Waals surface area contributed by atoms with E-state index in [2.05, 4.69) is 12.2 Å². The number of carbonyl (C=O) groups is 1. The van der Waals surface area contributed by atoms with E-state index in [1.54, 1.807) is 13.2 Å². The smallest absolute Gasteiger partial charge is 0.248 e. The minimum Gasteiger partial charge on any atom is -0.493 e. The fourth-order valence-corrected chi connectivity index (χ4v) is 2.44. The van der Waals surface area contributed by atoms with Gasteiger partial charge in [-0.3, -0.25) is 4.79 Å². The maximum atomic E-state index is 12.2. The Morgan fingerprint density at radius 2 is 1.92 bits per heavy atom. The van der Waals surface area contributed by atoms with Gasteiger partial charge in [0.1, 0.15) is 0 Å². The lowest BCUT2D eigenvalue weighted by atomic mass is 10.1. The summed E-state index contributed by atoms with van der Waals surface area (Å²) < 4.78 is 11.1. The quantitative estimate of drug-likeness (QED) is 0.744. The number of rotatable bonds is 7. The van der Waals surface area contributed by atoms with E-state index in [-0.39, 0.29) is 12.0 Å². The van der Waals surface area contributed by atoms with Crippen LogP contribution in [0, 0.1) is 0 Å². The highest BCUT2D eigenvalue weighted by atomic mass is 16.5. The molecule has 25 heavy (non-hydrogen) atoms. The summed E-state index contributed by atoms with van der Waals surface area (Å²) in [7, 11) is 1.60. The SMILES string of the molecule is CCc1ccccc1NC(=O)C=Cc1ccc(OC(C)C)c(OC)c1. The fourth-order valence-electron chi connectivity index (χ4n) is 2.44. The number of benzene rings is 2. The molecule has 0 aromatic heterocycles. The van der Waals surface area contributed by atoms with Gasteiger partial charge in [0.05, 0.1) is 13.2 Å². The van der Waals surface area contributed by atoms with Crippen LogP contribution < -0.4 is 14.8 Å². The van der Waals surface area contributed by atoms with E-state index in [4.69, 9.17) is 9.47 Å². The lowest BCUT2D eigenvalue weighted by molar-refractivity contribution is -0.111. The van der Waals surface area contributed by atoms with E-state index in [9.17, 15) is 4.79 Å². The van der Waals surface area contributed by atoms with Crippen molar-refractivity contribution in [1.29, 1.82) is 0 Å². The summed E-state index contributed by atoms with van der Waals surface area (Å²) >= 11 is 0. The minimum atomic E-state index is -0.164. The third-order valence-corrected chi connectivity index (χ3v) is 3.63. The summed E-state index contributed by atoms with van der Waals surface area (Å²) in [6, 6.07) is 13.4. The van der Waals surface area contributed by atoms with E-state index < -0.39 is 0 Å². The first-order valence-corrected chi connectivity index (χ1v) is 8.45. The Balaban J connectivity index is 2.09. The number of nitrogens with one attached hydrogen (secondary N) is 1. The minimum absolute atomic E-state index is 0.0692. The standard InChI is InChI=1S/C21H25NO3/c1-5-17-8-6-7-9-18(17)22-21(23)13-11-16-10-12-19(25-15(2)3)20(14-16)24-4/h6-15H,5H2,1-4H3,(H,22,23). The van der Waals surface area contributed by atoms with Crippen LogP contribution in [0.15, 0.2) is 48.5 Å². The number of carbonyl (C=O) groups excluding carboxylic acids is 1. The predicted molar refractivity (Wildman–Crippen MR) is 102 cm³/mol. The zero-order valence-corrected chi connectivity index (χ0v) is 15.2. The van der Waals surface area contributed by atoms with Gasteiger partial charge >= 0.3 is 0 Å². The number of para-hydroxylation sites is 1. The number of methoxy groups -OCH3 is 1. The number of amides is 1. The first-order valence-electron chi connectivity index (χ1n) is 8.45. The van der Waals surface area contributed by atoms with Crippen LogP contribution in [0.2, 0.25) is 0 Å². The van der Waals surface area contributed by atoms with Gasteiger partial charge in [-0.1, -0.05) is 31.2 Å². The number of hydrogen-bond donors (Lipinski definition) is 1. The van der Waals surface area contributed by atoms with Crippen LogP contribution in [0.4, 0.5) is 5.69 Å². The van der Waals surface area contributed by atoms with Crippen molar-refractivity contribution in [3.63, 3.8) is 0 Å². The average Bonchev–Trinajstić information content (AvgIpc) is 2.60. The van der Waals surface area contributed by atoms with Gasteiger partial charge in [-0.15, -0.1) is 0 Å². The molecule has 2 rings (SSSR count). The molecule has 0 spiro atoms. The molecular weight excluding hydrogens is 314 g/mol. The molecule has 4 nitrogen and oxygen atoms in total. The second-order valence-electron chi connectivity index (χ2n) is 5.91. The van der Waals surface area contributed by atoms with Crippen LogP contribution in [0.25, 0.3) is 6.08 Å². The van der Waals surface area contributed by atoms with Gasteiger partial charge in [0.15, 0.2) is 11.5 Å². The maximum absolute atomic E-state index is 12.2. The fraction of sp³-hybridized carbons (Fsp3) is 0.286. The first-order chi connectivity index (χ1) is 12.0. The monoisotopic (exact) mass is 339 g/mol. The Morgan fingerprint density at radius 3 is 2.60 bits per heavy atom. The van der Waals surface area contributed by atoms with Crippen molar-refractivity contribution in [3.8, 4) is 11.5 Å². The Kier molecular flexibility index (Phi) is 6.63. The van der Waals surface area contributed by atoms with Gasteiger partial charge in [0.2, 0.25) is 5.91 Å². The summed E-state index contributed by atoms with van der Waals surface area (Å²) in [5, 5.41) is 2.92. The topological polar surface area (TPSA) is 47.6 Å². The lowest BCUT2D eigenvalue weighted by Crippen LogP contribution is -2.09. The highest BCUT2D eigenvalue weighted by Crippen LogP contribution is 2.29. The van der Waals surface area contributed by atoms with Crippen molar-refractivity contribution < 1.29 is 14.3 Å². The first kappa shape index (κ1) is 18.6. The zero-order valence-electron chi connectivity index (χ0n) is 15.2. The summed E-state index contributed by atoms with van der Waals surface area (Å²) in [5.41, 5.74) is 2.82. The van der Waals surface area contributed by atoms with E-state index in [0.29, 0.717) is 11.5 Å². The molecule has 2 aromatic rings. The summed E-state index contributed by atoms with van der Waals surface area (Å²) in [5.74, 6) is 1.17. The van der Waals surface area contributed by atoms with Crippen molar-refractivity contribution in [2.45, 2.75) is 33.3 Å². The van der Waals surface area contributed by atoms with Crippen molar-refractivity contribution in [1.82, 2.24) is 0 Å². The highest BCUT2D eigenvalue weighted by Gasteiger charge is 2.07. The van der Waals surface area contributed by atoms with Crippen LogP contribution in [0.1, 0.15) is 31.9 Å². The van der Waals surface area contributed by atoms with E-state index >= 15 is 0 Å². The van der Waals surface area contributed by atoms with Crippen molar-refractivity contribution in [2.75, 3.05) is 12.4 Å². The molecule has 0 unspecified atom stereocenters. The van der Waals surface area contributed by atoms with Gasteiger partial charge in [-0.05, 0) is 55.7 Å². The molecule has 1 amide bonds. The molecule has 1 N–H and O–H groups in total. The molecule has 0 radical (unpaired) electrons. The van der Waals surface area contributed by atoms with E-state index in [0.717, 1.165) is 23.2 Å². The molecule has 0 saturated heterocycles. The molecule has 2 aromatic carbocycles. The lowest BCUT2D eigenvalue weighted by Gasteiger charge is -2.13. The molecule has 132 valence electrons. The molecule has 0 bridgehead atoms. The molecule has 0 fully saturated rings. The Hall–Kier alpha value is -2.75. The molecule has 4 heteroatoms. The van der Waals surface area contributed by atoms with Crippen molar-refractivity contribution >= 4 is 17.7 Å². The molecular formula is C21H25NO3. The molecule has 0 aliphatic heterocycles. The molecule has 0 saturated carbocycles. The second-order valence-corrected chi connectivity index (χ2v) is 5.91. The second kappa shape index (κ2) is 8.92. The zero-order chi connectivity index (χ0) is 18.2. The van der Waals surface area contributed by atoms with Gasteiger partial charge in [-0.25, -0.2) is 0 Å². The molecule has 0 aliphatic carbocycles. The maximum Gasteiger partial charge on any atom is 0.248 e. The Morgan fingerprint density at radius 1 is 1.16 bits per heavy atom. The van der Waals surface area contributed by atoms with Gasteiger partial charge in [0, 0.05) is 11.8 Å². The van der Waals surface area contributed by atoms with Crippen molar-refractivity contribution in [2.24, 2.45) is 0 Å². The highest BCUT2D eigenvalue weighted by molar-refractivity contribution is 6.02. The van der Waals surface area contributed by atoms with Gasteiger partial charge < -0.3 is 14.8 Å². The van der Waals surface area contributed by atoms with Gasteiger partial charge in [-0.2, -0.15) is 0 Å². The number of aryl methyl sites for hydroxylation is 1. The normalized spacial score (nSPS) is 10.9. The molecule has 0 atom stereocenters. The van der Waals surface area contributed by atoms with Crippen molar-refractivity contribution in [3.05, 3.63) is 59.7 Å².